The Morgan fingerprint density at radius 2 is 2.38 bits per heavy atom. The van der Waals surface area contributed by atoms with Gasteiger partial charge < -0.3 is 5.73 Å². The smallest absolute Gasteiger partial charge is 0.0757 e. The van der Waals surface area contributed by atoms with Crippen LogP contribution in [0.15, 0.2) is 29.2 Å². The molecule has 13 heavy (non-hydrogen) atoms. The summed E-state index contributed by atoms with van der Waals surface area (Å²) in [6.45, 7) is 0. The van der Waals surface area contributed by atoms with Crippen LogP contribution in [0.1, 0.15) is 0 Å². The quantitative estimate of drug-likeness (QED) is 0.614. The van der Waals surface area contributed by atoms with Gasteiger partial charge in [-0.3, -0.25) is 0 Å². The van der Waals surface area contributed by atoms with Gasteiger partial charge in [-0.2, -0.15) is 0 Å². The minimum absolute atomic E-state index is 0.191. The van der Waals surface area contributed by atoms with Gasteiger partial charge in [0.15, 0.2) is 0 Å². The van der Waals surface area contributed by atoms with Crippen molar-refractivity contribution in [3.05, 3.63) is 29.3 Å². The van der Waals surface area contributed by atoms with Gasteiger partial charge >= 0.3 is 0 Å². The maximum absolute atomic E-state index is 5.81. The Hall–Kier alpha value is -0.620. The summed E-state index contributed by atoms with van der Waals surface area (Å²) in [5.41, 5.74) is 5.57. The zero-order valence-corrected chi connectivity index (χ0v) is 8.61. The summed E-state index contributed by atoms with van der Waals surface area (Å²) < 4.78 is 0. The fourth-order valence-electron chi connectivity index (χ4n) is 0.791. The van der Waals surface area contributed by atoms with Crippen molar-refractivity contribution in [3.8, 4) is 12.3 Å². The Labute approximate surface area is 87.7 Å². The third-order valence-corrected chi connectivity index (χ3v) is 2.79. The van der Waals surface area contributed by atoms with Crippen LogP contribution >= 0.6 is 23.4 Å². The van der Waals surface area contributed by atoms with Crippen molar-refractivity contribution >= 4 is 23.4 Å². The second-order valence-electron chi connectivity index (χ2n) is 2.54. The van der Waals surface area contributed by atoms with Crippen LogP contribution < -0.4 is 5.73 Å². The molecule has 0 heterocycles. The van der Waals surface area contributed by atoms with Crippen LogP contribution in [0.2, 0.25) is 5.02 Å². The molecule has 68 valence electrons. The summed E-state index contributed by atoms with van der Waals surface area (Å²) in [7, 11) is 0. The lowest BCUT2D eigenvalue weighted by Gasteiger charge is -2.03. The number of hydrogen-bond donors (Lipinski definition) is 1. The Morgan fingerprint density at radius 1 is 1.62 bits per heavy atom. The summed E-state index contributed by atoms with van der Waals surface area (Å²) >= 11 is 7.42. The van der Waals surface area contributed by atoms with Crippen molar-refractivity contribution in [2.75, 3.05) is 5.75 Å². The van der Waals surface area contributed by atoms with Gasteiger partial charge in [0, 0.05) is 15.7 Å². The summed E-state index contributed by atoms with van der Waals surface area (Å²) in [6.07, 6.45) is 5.15. The van der Waals surface area contributed by atoms with E-state index in [1.807, 2.05) is 24.3 Å². The summed E-state index contributed by atoms with van der Waals surface area (Å²) in [6, 6.07) is 7.44. The van der Waals surface area contributed by atoms with Crippen molar-refractivity contribution in [1.82, 2.24) is 0 Å². The lowest BCUT2D eigenvalue weighted by atomic mass is 10.4. The maximum Gasteiger partial charge on any atom is 0.0757 e. The highest BCUT2D eigenvalue weighted by Crippen LogP contribution is 2.21. The van der Waals surface area contributed by atoms with Crippen molar-refractivity contribution in [2.45, 2.75) is 10.9 Å². The third-order valence-electron chi connectivity index (χ3n) is 1.44. The maximum atomic E-state index is 5.81. The average Bonchev–Trinajstić information content (AvgIpc) is 2.14. The Kier molecular flexibility index (Phi) is 4.17. The van der Waals surface area contributed by atoms with E-state index in [2.05, 4.69) is 5.92 Å². The lowest BCUT2D eigenvalue weighted by molar-refractivity contribution is 0.975. The van der Waals surface area contributed by atoms with Crippen molar-refractivity contribution in [3.63, 3.8) is 0 Å². The molecule has 0 saturated heterocycles. The van der Waals surface area contributed by atoms with E-state index in [0.29, 0.717) is 0 Å². The van der Waals surface area contributed by atoms with E-state index in [-0.39, 0.29) is 6.04 Å². The SMILES string of the molecule is C#CC(N)CSc1cccc(Cl)c1. The van der Waals surface area contributed by atoms with Crippen LogP contribution in [-0.4, -0.2) is 11.8 Å². The van der Waals surface area contributed by atoms with Gasteiger partial charge in [0.2, 0.25) is 0 Å². The van der Waals surface area contributed by atoms with E-state index >= 15 is 0 Å². The molecule has 1 aromatic carbocycles. The molecule has 1 rings (SSSR count). The molecule has 0 bridgehead atoms. The Balaban J connectivity index is 2.51. The monoisotopic (exact) mass is 211 g/mol. The number of benzene rings is 1. The highest BCUT2D eigenvalue weighted by atomic mass is 35.5. The first-order valence-corrected chi connectivity index (χ1v) is 5.19. The van der Waals surface area contributed by atoms with E-state index in [9.17, 15) is 0 Å². The normalized spacial score (nSPS) is 12.1. The summed E-state index contributed by atoms with van der Waals surface area (Å²) in [5, 5.41) is 0.735. The van der Waals surface area contributed by atoms with Crippen molar-refractivity contribution in [2.24, 2.45) is 5.73 Å². The number of halogens is 1. The molecule has 0 fully saturated rings. The predicted molar refractivity (Wildman–Crippen MR) is 59.0 cm³/mol. The number of hydrogen-bond acceptors (Lipinski definition) is 2. The molecule has 0 aliphatic rings. The largest absolute Gasteiger partial charge is 0.317 e. The zero-order chi connectivity index (χ0) is 9.68. The van der Waals surface area contributed by atoms with Crippen LogP contribution in [0.3, 0.4) is 0 Å². The first kappa shape index (κ1) is 10.5. The van der Waals surface area contributed by atoms with Gasteiger partial charge in [0.25, 0.3) is 0 Å². The second kappa shape index (κ2) is 5.18. The van der Waals surface area contributed by atoms with E-state index in [1.54, 1.807) is 11.8 Å². The molecule has 1 unspecified atom stereocenters. The molecule has 1 atom stereocenters. The van der Waals surface area contributed by atoms with Crippen LogP contribution in [0.25, 0.3) is 0 Å². The van der Waals surface area contributed by atoms with Crippen LogP contribution in [0, 0.1) is 12.3 Å². The minimum atomic E-state index is -0.191. The topological polar surface area (TPSA) is 26.0 Å². The molecule has 0 radical (unpaired) electrons. The molecule has 0 saturated carbocycles. The minimum Gasteiger partial charge on any atom is -0.317 e. The molecule has 3 heteroatoms. The summed E-state index contributed by atoms with van der Waals surface area (Å²) in [5.74, 6) is 3.19. The molecular weight excluding hydrogens is 202 g/mol. The van der Waals surface area contributed by atoms with Gasteiger partial charge in [-0.15, -0.1) is 18.2 Å². The fraction of sp³-hybridized carbons (Fsp3) is 0.200. The first-order chi connectivity index (χ1) is 6.22. The van der Waals surface area contributed by atoms with Gasteiger partial charge in [-0.05, 0) is 18.2 Å². The molecule has 0 aliphatic carbocycles. The van der Waals surface area contributed by atoms with Crippen LogP contribution in [-0.2, 0) is 0 Å². The highest BCUT2D eigenvalue weighted by molar-refractivity contribution is 7.99. The average molecular weight is 212 g/mol. The molecule has 2 N–H and O–H groups in total. The number of nitrogens with two attached hydrogens (primary N) is 1. The van der Waals surface area contributed by atoms with Gasteiger partial charge in [0.1, 0.15) is 0 Å². The Morgan fingerprint density at radius 3 is 3.00 bits per heavy atom. The molecule has 0 aromatic heterocycles. The summed E-state index contributed by atoms with van der Waals surface area (Å²) in [4.78, 5) is 1.10. The molecule has 1 nitrogen and oxygen atoms in total. The second-order valence-corrected chi connectivity index (χ2v) is 4.07. The number of thioether (sulfide) groups is 1. The van der Waals surface area contributed by atoms with E-state index < -0.39 is 0 Å². The van der Waals surface area contributed by atoms with Crippen LogP contribution in [0.5, 0.6) is 0 Å². The van der Waals surface area contributed by atoms with Gasteiger partial charge in [0.05, 0.1) is 6.04 Å². The molecular formula is C10H10ClNS. The predicted octanol–water partition coefficient (Wildman–Crippen LogP) is 2.39. The fourth-order valence-corrected chi connectivity index (χ4v) is 1.90. The zero-order valence-electron chi connectivity index (χ0n) is 7.03. The molecule has 0 spiro atoms. The highest BCUT2D eigenvalue weighted by Gasteiger charge is 1.99. The molecule has 0 amide bonds. The van der Waals surface area contributed by atoms with E-state index in [0.717, 1.165) is 15.7 Å². The molecule has 0 aliphatic heterocycles. The number of rotatable bonds is 3. The Bertz CT molecular complexity index is 319. The van der Waals surface area contributed by atoms with Crippen molar-refractivity contribution in [1.29, 1.82) is 0 Å². The van der Waals surface area contributed by atoms with E-state index in [4.69, 9.17) is 23.8 Å². The van der Waals surface area contributed by atoms with Gasteiger partial charge in [-0.25, -0.2) is 0 Å². The first-order valence-electron chi connectivity index (χ1n) is 3.82. The number of terminal acetylenes is 1. The standard InChI is InChI=1S/C10H10ClNS/c1-2-9(12)7-13-10-5-3-4-8(11)6-10/h1,3-6,9H,7,12H2. The van der Waals surface area contributed by atoms with E-state index in [1.165, 1.54) is 0 Å². The van der Waals surface area contributed by atoms with Crippen LogP contribution in [0.4, 0.5) is 0 Å². The third kappa shape index (κ3) is 3.73. The van der Waals surface area contributed by atoms with Gasteiger partial charge in [-0.1, -0.05) is 23.6 Å². The van der Waals surface area contributed by atoms with Crippen molar-refractivity contribution < 1.29 is 0 Å². The lowest BCUT2D eigenvalue weighted by Crippen LogP contribution is -2.19. The molecule has 1 aromatic rings.